The molecule has 0 aromatic carbocycles. The fraction of sp³-hybridized carbons (Fsp3) is 0.667. The summed E-state index contributed by atoms with van der Waals surface area (Å²) < 4.78 is 5.60. The molecule has 0 aliphatic rings. The van der Waals surface area contributed by atoms with Crippen LogP contribution in [0.5, 0.6) is 5.88 Å². The first-order chi connectivity index (χ1) is 7.49. The van der Waals surface area contributed by atoms with Crippen molar-refractivity contribution in [2.24, 2.45) is 0 Å². The average molecular weight is 223 g/mol. The number of likely N-dealkylation sites (N-methyl/N-ethyl adjacent to an activating group) is 1. The maximum Gasteiger partial charge on any atom is 0.216 e. The van der Waals surface area contributed by atoms with Gasteiger partial charge in [-0.15, -0.1) is 0 Å². The standard InChI is InChI=1S/C12H21N3O/c1-9(2)11-8-12(14-10(3)13-11)16-7-6-15(4)5/h8-9H,6-7H2,1-5H3. The van der Waals surface area contributed by atoms with Crippen molar-refractivity contribution in [1.82, 2.24) is 14.9 Å². The maximum absolute atomic E-state index is 5.60. The predicted octanol–water partition coefficient (Wildman–Crippen LogP) is 1.85. The number of aryl methyl sites for hydroxylation is 1. The van der Waals surface area contributed by atoms with Crippen molar-refractivity contribution in [3.05, 3.63) is 17.6 Å². The van der Waals surface area contributed by atoms with Crippen molar-refractivity contribution < 1.29 is 4.74 Å². The Hall–Kier alpha value is -1.16. The molecular formula is C12H21N3O. The van der Waals surface area contributed by atoms with Crippen LogP contribution in [0.3, 0.4) is 0 Å². The van der Waals surface area contributed by atoms with Crippen molar-refractivity contribution in [2.45, 2.75) is 26.7 Å². The van der Waals surface area contributed by atoms with Crippen molar-refractivity contribution in [2.75, 3.05) is 27.2 Å². The SMILES string of the molecule is Cc1nc(OCCN(C)C)cc(C(C)C)n1. The van der Waals surface area contributed by atoms with E-state index < -0.39 is 0 Å². The largest absolute Gasteiger partial charge is 0.476 e. The van der Waals surface area contributed by atoms with Gasteiger partial charge in [0.1, 0.15) is 12.4 Å². The summed E-state index contributed by atoms with van der Waals surface area (Å²) in [6.07, 6.45) is 0. The van der Waals surface area contributed by atoms with Gasteiger partial charge in [0.15, 0.2) is 0 Å². The second-order valence-corrected chi connectivity index (χ2v) is 4.48. The number of ether oxygens (including phenoxy) is 1. The molecule has 0 spiro atoms. The van der Waals surface area contributed by atoms with Crippen LogP contribution in [0.4, 0.5) is 0 Å². The Balaban J connectivity index is 2.65. The maximum atomic E-state index is 5.60. The molecule has 0 saturated carbocycles. The summed E-state index contributed by atoms with van der Waals surface area (Å²) >= 11 is 0. The van der Waals surface area contributed by atoms with Gasteiger partial charge in [0.05, 0.1) is 5.69 Å². The smallest absolute Gasteiger partial charge is 0.216 e. The summed E-state index contributed by atoms with van der Waals surface area (Å²) in [6.45, 7) is 7.67. The molecule has 4 heteroatoms. The van der Waals surface area contributed by atoms with Gasteiger partial charge < -0.3 is 9.64 Å². The molecule has 0 saturated heterocycles. The Labute approximate surface area is 97.7 Å². The average Bonchev–Trinajstić information content (AvgIpc) is 2.16. The van der Waals surface area contributed by atoms with Crippen LogP contribution in [0.25, 0.3) is 0 Å². The van der Waals surface area contributed by atoms with Gasteiger partial charge in [0.25, 0.3) is 0 Å². The molecule has 0 unspecified atom stereocenters. The summed E-state index contributed by atoms with van der Waals surface area (Å²) in [5, 5.41) is 0. The molecule has 0 atom stereocenters. The number of nitrogens with zero attached hydrogens (tertiary/aromatic N) is 3. The van der Waals surface area contributed by atoms with E-state index in [0.717, 1.165) is 18.1 Å². The lowest BCUT2D eigenvalue weighted by molar-refractivity contribution is 0.252. The molecular weight excluding hydrogens is 202 g/mol. The Morgan fingerprint density at radius 3 is 2.56 bits per heavy atom. The number of rotatable bonds is 5. The van der Waals surface area contributed by atoms with Crippen molar-refractivity contribution in [1.29, 1.82) is 0 Å². The lowest BCUT2D eigenvalue weighted by Crippen LogP contribution is -2.20. The third kappa shape index (κ3) is 4.14. The topological polar surface area (TPSA) is 38.2 Å². The fourth-order valence-corrected chi connectivity index (χ4v) is 1.26. The number of hydrogen-bond acceptors (Lipinski definition) is 4. The zero-order chi connectivity index (χ0) is 12.1. The lowest BCUT2D eigenvalue weighted by atomic mass is 10.1. The van der Waals surface area contributed by atoms with Crippen LogP contribution in [0.2, 0.25) is 0 Å². The van der Waals surface area contributed by atoms with E-state index in [1.807, 2.05) is 27.1 Å². The molecule has 0 N–H and O–H groups in total. The van der Waals surface area contributed by atoms with Crippen LogP contribution in [0.15, 0.2) is 6.07 Å². The lowest BCUT2D eigenvalue weighted by Gasteiger charge is -2.12. The molecule has 0 aliphatic heterocycles. The molecule has 90 valence electrons. The number of hydrogen-bond donors (Lipinski definition) is 0. The second kappa shape index (κ2) is 5.80. The molecule has 16 heavy (non-hydrogen) atoms. The van der Waals surface area contributed by atoms with Gasteiger partial charge in [-0.3, -0.25) is 0 Å². The van der Waals surface area contributed by atoms with E-state index in [0.29, 0.717) is 18.4 Å². The third-order valence-corrected chi connectivity index (χ3v) is 2.21. The van der Waals surface area contributed by atoms with Gasteiger partial charge in [-0.2, -0.15) is 4.98 Å². The van der Waals surface area contributed by atoms with E-state index in [9.17, 15) is 0 Å². The monoisotopic (exact) mass is 223 g/mol. The van der Waals surface area contributed by atoms with Crippen molar-refractivity contribution in [3.8, 4) is 5.88 Å². The molecule has 0 aliphatic carbocycles. The predicted molar refractivity (Wildman–Crippen MR) is 64.9 cm³/mol. The first kappa shape index (κ1) is 12.9. The van der Waals surface area contributed by atoms with E-state index >= 15 is 0 Å². The van der Waals surface area contributed by atoms with Crippen LogP contribution in [-0.4, -0.2) is 42.1 Å². The Morgan fingerprint density at radius 1 is 1.31 bits per heavy atom. The molecule has 1 rings (SSSR count). The van der Waals surface area contributed by atoms with Gasteiger partial charge in [-0.25, -0.2) is 4.98 Å². The van der Waals surface area contributed by atoms with Crippen LogP contribution in [0.1, 0.15) is 31.3 Å². The van der Waals surface area contributed by atoms with Crippen LogP contribution < -0.4 is 4.74 Å². The Kier molecular flexibility index (Phi) is 4.68. The molecule has 0 radical (unpaired) electrons. The second-order valence-electron chi connectivity index (χ2n) is 4.48. The van der Waals surface area contributed by atoms with Crippen LogP contribution in [0, 0.1) is 6.92 Å². The Bertz CT molecular complexity index is 337. The normalized spacial score (nSPS) is 11.2. The number of aromatic nitrogens is 2. The summed E-state index contributed by atoms with van der Waals surface area (Å²) in [7, 11) is 4.04. The van der Waals surface area contributed by atoms with Gasteiger partial charge in [0, 0.05) is 12.6 Å². The minimum atomic E-state index is 0.401. The van der Waals surface area contributed by atoms with E-state index in [4.69, 9.17) is 4.74 Å². The highest BCUT2D eigenvalue weighted by atomic mass is 16.5. The fourth-order valence-electron chi connectivity index (χ4n) is 1.26. The molecule has 1 aromatic rings. The quantitative estimate of drug-likeness (QED) is 0.763. The van der Waals surface area contributed by atoms with Crippen LogP contribution >= 0.6 is 0 Å². The van der Waals surface area contributed by atoms with Crippen molar-refractivity contribution >= 4 is 0 Å². The van der Waals surface area contributed by atoms with E-state index in [1.54, 1.807) is 0 Å². The summed E-state index contributed by atoms with van der Waals surface area (Å²) in [5.74, 6) is 1.85. The van der Waals surface area contributed by atoms with Gasteiger partial charge >= 0.3 is 0 Å². The Morgan fingerprint density at radius 2 is 2.00 bits per heavy atom. The zero-order valence-corrected chi connectivity index (χ0v) is 10.8. The summed E-state index contributed by atoms with van der Waals surface area (Å²) in [5.41, 5.74) is 1.03. The van der Waals surface area contributed by atoms with E-state index in [1.165, 1.54) is 0 Å². The molecule has 1 aromatic heterocycles. The zero-order valence-electron chi connectivity index (χ0n) is 10.8. The third-order valence-electron chi connectivity index (χ3n) is 2.21. The molecule has 0 amide bonds. The minimum absolute atomic E-state index is 0.401. The van der Waals surface area contributed by atoms with Crippen molar-refractivity contribution in [3.63, 3.8) is 0 Å². The van der Waals surface area contributed by atoms with Crippen LogP contribution in [-0.2, 0) is 0 Å². The van der Waals surface area contributed by atoms with Gasteiger partial charge in [-0.1, -0.05) is 13.8 Å². The molecule has 0 bridgehead atoms. The first-order valence-corrected chi connectivity index (χ1v) is 5.62. The molecule has 4 nitrogen and oxygen atoms in total. The highest BCUT2D eigenvalue weighted by molar-refractivity contribution is 5.18. The molecule has 1 heterocycles. The minimum Gasteiger partial charge on any atom is -0.476 e. The highest BCUT2D eigenvalue weighted by Crippen LogP contribution is 2.16. The van der Waals surface area contributed by atoms with Gasteiger partial charge in [0.2, 0.25) is 5.88 Å². The molecule has 0 fully saturated rings. The van der Waals surface area contributed by atoms with E-state index in [2.05, 4.69) is 28.7 Å². The first-order valence-electron chi connectivity index (χ1n) is 5.62. The summed E-state index contributed by atoms with van der Waals surface area (Å²) in [6, 6.07) is 1.92. The highest BCUT2D eigenvalue weighted by Gasteiger charge is 2.06. The summed E-state index contributed by atoms with van der Waals surface area (Å²) in [4.78, 5) is 10.7. The van der Waals surface area contributed by atoms with Gasteiger partial charge in [-0.05, 0) is 26.9 Å². The van der Waals surface area contributed by atoms with E-state index in [-0.39, 0.29) is 0 Å².